The number of hydrogen-bond donors (Lipinski definition) is 0. The molecule has 0 amide bonds. The number of carbonyl (C=O) groups is 1. The first kappa shape index (κ1) is 18.4. The molecule has 0 saturated heterocycles. The number of carbonyl (C=O) groups excluding carboxylic acids is 1. The summed E-state index contributed by atoms with van der Waals surface area (Å²) in [5, 5.41) is 3.61. The second kappa shape index (κ2) is 7.48. The third-order valence-corrected chi connectivity index (χ3v) is 3.40. The van der Waals surface area contributed by atoms with Crippen LogP contribution in [0.3, 0.4) is 0 Å². The lowest BCUT2D eigenvalue weighted by atomic mass is 10.1. The molecule has 0 aliphatic carbocycles. The molecule has 0 unspecified atom stereocenters. The van der Waals surface area contributed by atoms with Gasteiger partial charge in [-0.15, -0.1) is 0 Å². The number of rotatable bonds is 5. The molecule has 3 aromatic rings. The number of furan rings is 1. The van der Waals surface area contributed by atoms with Gasteiger partial charge in [0.15, 0.2) is 6.61 Å². The minimum atomic E-state index is -4.48. The van der Waals surface area contributed by atoms with Crippen molar-refractivity contribution in [1.82, 2.24) is 10.1 Å². The Labute approximate surface area is 151 Å². The van der Waals surface area contributed by atoms with Crippen molar-refractivity contribution < 1.29 is 31.6 Å². The number of halogens is 3. The molecule has 0 N–H and O–H groups in total. The molecule has 140 valence electrons. The van der Waals surface area contributed by atoms with Crippen LogP contribution in [0.25, 0.3) is 17.5 Å². The summed E-state index contributed by atoms with van der Waals surface area (Å²) < 4.78 is 53.4. The molecule has 3 rings (SSSR count). The number of hydrogen-bond acceptors (Lipinski definition) is 6. The third kappa shape index (κ3) is 4.84. The number of alkyl halides is 3. The van der Waals surface area contributed by atoms with Crippen LogP contribution in [0.4, 0.5) is 13.2 Å². The molecule has 1 aromatic carbocycles. The lowest BCUT2D eigenvalue weighted by Crippen LogP contribution is -2.04. The lowest BCUT2D eigenvalue weighted by Gasteiger charge is -2.06. The van der Waals surface area contributed by atoms with Crippen LogP contribution in [0.1, 0.15) is 23.0 Å². The molecular formula is C18H13F3N2O4. The normalized spacial score (nSPS) is 11.9. The van der Waals surface area contributed by atoms with Crippen molar-refractivity contribution in [2.75, 3.05) is 0 Å². The standard InChI is InChI=1S/C18H13F3N2O4/c1-11-5-6-14(26-11)7-8-16(24)25-10-15-22-17(23-27-15)12-3-2-4-13(9-12)18(19,20)21/h2-9H,10H2,1H3/b8-7+. The minimum Gasteiger partial charge on any atom is -0.462 e. The molecule has 0 radical (unpaired) electrons. The average molecular weight is 378 g/mol. The van der Waals surface area contributed by atoms with Gasteiger partial charge in [0, 0.05) is 11.6 Å². The molecule has 0 bridgehead atoms. The van der Waals surface area contributed by atoms with Gasteiger partial charge in [-0.05, 0) is 37.3 Å². The number of nitrogens with zero attached hydrogens (tertiary/aromatic N) is 2. The monoisotopic (exact) mass is 378 g/mol. The van der Waals surface area contributed by atoms with E-state index in [9.17, 15) is 18.0 Å². The van der Waals surface area contributed by atoms with E-state index in [0.717, 1.165) is 12.1 Å². The smallest absolute Gasteiger partial charge is 0.416 e. The largest absolute Gasteiger partial charge is 0.462 e. The van der Waals surface area contributed by atoms with E-state index in [4.69, 9.17) is 13.7 Å². The molecule has 9 heteroatoms. The summed E-state index contributed by atoms with van der Waals surface area (Å²) in [6, 6.07) is 7.96. The summed E-state index contributed by atoms with van der Waals surface area (Å²) >= 11 is 0. The van der Waals surface area contributed by atoms with Crippen molar-refractivity contribution >= 4 is 12.0 Å². The zero-order valence-corrected chi connectivity index (χ0v) is 14.0. The van der Waals surface area contributed by atoms with Crippen LogP contribution in [0.5, 0.6) is 0 Å². The van der Waals surface area contributed by atoms with Gasteiger partial charge in [0.2, 0.25) is 5.82 Å². The maximum atomic E-state index is 12.8. The Morgan fingerprint density at radius 1 is 1.26 bits per heavy atom. The first-order valence-electron chi connectivity index (χ1n) is 7.73. The van der Waals surface area contributed by atoms with Crippen LogP contribution >= 0.6 is 0 Å². The molecule has 0 aliphatic rings. The molecule has 2 heterocycles. The van der Waals surface area contributed by atoms with Gasteiger partial charge >= 0.3 is 12.1 Å². The quantitative estimate of drug-likeness (QED) is 0.483. The van der Waals surface area contributed by atoms with Crippen molar-refractivity contribution in [3.05, 3.63) is 65.4 Å². The fraction of sp³-hybridized carbons (Fsp3) is 0.167. The second-order valence-electron chi connectivity index (χ2n) is 5.48. The number of aryl methyl sites for hydroxylation is 1. The highest BCUT2D eigenvalue weighted by Gasteiger charge is 2.30. The van der Waals surface area contributed by atoms with Crippen molar-refractivity contribution in [3.63, 3.8) is 0 Å². The first-order chi connectivity index (χ1) is 12.8. The number of benzene rings is 1. The van der Waals surface area contributed by atoms with Gasteiger partial charge in [0.25, 0.3) is 5.89 Å². The van der Waals surface area contributed by atoms with E-state index in [1.54, 1.807) is 19.1 Å². The Morgan fingerprint density at radius 2 is 2.07 bits per heavy atom. The average Bonchev–Trinajstić information content (AvgIpc) is 3.26. The van der Waals surface area contributed by atoms with Gasteiger partial charge in [-0.3, -0.25) is 0 Å². The van der Waals surface area contributed by atoms with E-state index < -0.39 is 17.7 Å². The molecule has 0 spiro atoms. The highest BCUT2D eigenvalue weighted by atomic mass is 19.4. The zero-order valence-electron chi connectivity index (χ0n) is 14.0. The molecule has 0 saturated carbocycles. The van der Waals surface area contributed by atoms with Gasteiger partial charge < -0.3 is 13.7 Å². The Bertz CT molecular complexity index is 973. The SMILES string of the molecule is Cc1ccc(/C=C/C(=O)OCc2nc(-c3cccc(C(F)(F)F)c3)no2)o1. The van der Waals surface area contributed by atoms with Gasteiger partial charge in [0.05, 0.1) is 5.56 Å². The summed E-state index contributed by atoms with van der Waals surface area (Å²) in [4.78, 5) is 15.6. The van der Waals surface area contributed by atoms with Crippen LogP contribution in [-0.4, -0.2) is 16.1 Å². The zero-order chi connectivity index (χ0) is 19.4. The Morgan fingerprint density at radius 3 is 2.78 bits per heavy atom. The molecule has 2 aromatic heterocycles. The highest BCUT2D eigenvalue weighted by Crippen LogP contribution is 2.31. The van der Waals surface area contributed by atoms with Crippen LogP contribution in [0.2, 0.25) is 0 Å². The number of esters is 1. The van der Waals surface area contributed by atoms with E-state index in [1.165, 1.54) is 24.3 Å². The van der Waals surface area contributed by atoms with Crippen LogP contribution < -0.4 is 0 Å². The predicted molar refractivity (Wildman–Crippen MR) is 87.0 cm³/mol. The summed E-state index contributed by atoms with van der Waals surface area (Å²) in [7, 11) is 0. The third-order valence-electron chi connectivity index (χ3n) is 3.40. The highest BCUT2D eigenvalue weighted by molar-refractivity contribution is 5.86. The predicted octanol–water partition coefficient (Wildman–Crippen LogP) is 4.41. The van der Waals surface area contributed by atoms with E-state index >= 15 is 0 Å². The molecule has 27 heavy (non-hydrogen) atoms. The van der Waals surface area contributed by atoms with Gasteiger partial charge in [0.1, 0.15) is 11.5 Å². The van der Waals surface area contributed by atoms with Crippen LogP contribution in [0, 0.1) is 6.92 Å². The van der Waals surface area contributed by atoms with Crippen molar-refractivity contribution in [2.24, 2.45) is 0 Å². The van der Waals surface area contributed by atoms with Crippen molar-refractivity contribution in [2.45, 2.75) is 19.7 Å². The van der Waals surface area contributed by atoms with Crippen LogP contribution in [0.15, 0.2) is 51.4 Å². The number of aromatic nitrogens is 2. The van der Waals surface area contributed by atoms with E-state index in [2.05, 4.69) is 10.1 Å². The Balaban J connectivity index is 1.61. The van der Waals surface area contributed by atoms with Gasteiger partial charge in [-0.2, -0.15) is 18.2 Å². The van der Waals surface area contributed by atoms with E-state index in [1.807, 2.05) is 0 Å². The van der Waals surface area contributed by atoms with Crippen molar-refractivity contribution in [3.8, 4) is 11.4 Å². The lowest BCUT2D eigenvalue weighted by molar-refractivity contribution is -0.140. The summed E-state index contributed by atoms with van der Waals surface area (Å²) in [6.07, 6.45) is -1.86. The molecule has 0 atom stereocenters. The van der Waals surface area contributed by atoms with Gasteiger partial charge in [-0.25, -0.2) is 4.79 Å². The van der Waals surface area contributed by atoms with Crippen molar-refractivity contribution in [1.29, 1.82) is 0 Å². The van der Waals surface area contributed by atoms with Crippen LogP contribution in [-0.2, 0) is 22.3 Å². The minimum absolute atomic E-state index is 0.0336. The fourth-order valence-electron chi connectivity index (χ4n) is 2.14. The molecular weight excluding hydrogens is 365 g/mol. The Kier molecular flexibility index (Phi) is 5.11. The maximum Gasteiger partial charge on any atom is 0.416 e. The first-order valence-corrected chi connectivity index (χ1v) is 7.73. The summed E-state index contributed by atoms with van der Waals surface area (Å²) in [5.74, 6) is 0.458. The molecule has 0 fully saturated rings. The number of ether oxygens (including phenoxy) is 1. The molecule has 6 nitrogen and oxygen atoms in total. The maximum absolute atomic E-state index is 12.8. The van der Waals surface area contributed by atoms with E-state index in [-0.39, 0.29) is 23.9 Å². The van der Waals surface area contributed by atoms with Gasteiger partial charge in [-0.1, -0.05) is 17.3 Å². The Hall–Kier alpha value is -3.36. The second-order valence-corrected chi connectivity index (χ2v) is 5.48. The van der Waals surface area contributed by atoms with E-state index in [0.29, 0.717) is 11.5 Å². The fourth-order valence-corrected chi connectivity index (χ4v) is 2.14. The topological polar surface area (TPSA) is 78.4 Å². The molecule has 0 aliphatic heterocycles. The summed E-state index contributed by atoms with van der Waals surface area (Å²) in [6.45, 7) is 1.46. The summed E-state index contributed by atoms with van der Waals surface area (Å²) in [5.41, 5.74) is -0.685.